The van der Waals surface area contributed by atoms with Crippen molar-refractivity contribution in [2.45, 2.75) is 49.8 Å². The van der Waals surface area contributed by atoms with Gasteiger partial charge in [-0.3, -0.25) is 9.59 Å². The molecule has 3 aliphatic rings. The van der Waals surface area contributed by atoms with E-state index in [1.807, 2.05) is 29.2 Å². The minimum absolute atomic E-state index is 0.107. The molecule has 204 valence electrons. The quantitative estimate of drug-likeness (QED) is 0.487. The summed E-state index contributed by atoms with van der Waals surface area (Å²) in [6.07, 6.45) is 7.07. The first kappa shape index (κ1) is 25.8. The highest BCUT2D eigenvalue weighted by Crippen LogP contribution is 2.36. The zero-order chi connectivity index (χ0) is 27.0. The number of piperidine rings is 1. The summed E-state index contributed by atoms with van der Waals surface area (Å²) in [5.41, 5.74) is 3.31. The van der Waals surface area contributed by atoms with Crippen LogP contribution in [-0.2, 0) is 26.0 Å². The molecule has 39 heavy (non-hydrogen) atoms. The zero-order valence-electron chi connectivity index (χ0n) is 21.7. The molecule has 0 atom stereocenters. The summed E-state index contributed by atoms with van der Waals surface area (Å²) in [7, 11) is -3.69. The van der Waals surface area contributed by atoms with Crippen LogP contribution in [0.3, 0.4) is 0 Å². The van der Waals surface area contributed by atoms with Crippen LogP contribution in [0, 0.1) is 11.8 Å². The second kappa shape index (κ2) is 10.6. The molecule has 0 bridgehead atoms. The van der Waals surface area contributed by atoms with Crippen molar-refractivity contribution in [3.63, 3.8) is 0 Å². The molecule has 2 aromatic carbocycles. The molecule has 2 amide bonds. The monoisotopic (exact) mass is 548 g/mol. The second-order valence-corrected chi connectivity index (χ2v) is 12.6. The van der Waals surface area contributed by atoms with Gasteiger partial charge in [0.05, 0.1) is 11.1 Å². The van der Waals surface area contributed by atoms with Crippen LogP contribution in [0.25, 0.3) is 11.3 Å². The Morgan fingerprint density at radius 2 is 1.67 bits per heavy atom. The van der Waals surface area contributed by atoms with E-state index in [0.717, 1.165) is 48.9 Å². The van der Waals surface area contributed by atoms with E-state index in [9.17, 15) is 18.0 Å². The maximum atomic E-state index is 13.5. The van der Waals surface area contributed by atoms with E-state index >= 15 is 0 Å². The first-order valence-electron chi connectivity index (χ1n) is 13.7. The maximum absolute atomic E-state index is 13.5. The number of nitrogens with one attached hydrogen (secondary N) is 1. The number of carbonyl (C=O) groups is 2. The van der Waals surface area contributed by atoms with E-state index in [1.54, 1.807) is 30.5 Å². The van der Waals surface area contributed by atoms with Gasteiger partial charge in [-0.1, -0.05) is 11.6 Å². The van der Waals surface area contributed by atoms with E-state index in [4.69, 9.17) is 4.52 Å². The number of fused-ring (bicyclic) bond motifs is 1. The molecule has 6 rings (SSSR count). The smallest absolute Gasteiger partial charge is 0.243 e. The SMILES string of the molecule is O=C(Nc1ccc(-c2ccno2)cc1)C1CCN(S(=O)(=O)c2ccc3c(c2)CCCN3C(=O)C2CCC2)CC1. The lowest BCUT2D eigenvalue weighted by molar-refractivity contribution is -0.124. The number of nitrogens with zero attached hydrogens (tertiary/aromatic N) is 3. The van der Waals surface area contributed by atoms with Crippen LogP contribution < -0.4 is 10.2 Å². The predicted molar refractivity (Wildman–Crippen MR) is 147 cm³/mol. The summed E-state index contributed by atoms with van der Waals surface area (Å²) in [5, 5.41) is 6.65. The number of sulfonamides is 1. The fourth-order valence-corrected chi connectivity index (χ4v) is 7.19. The summed E-state index contributed by atoms with van der Waals surface area (Å²) in [6, 6.07) is 14.3. The van der Waals surface area contributed by atoms with E-state index in [-0.39, 0.29) is 41.6 Å². The number of hydrogen-bond donors (Lipinski definition) is 1. The molecule has 0 radical (unpaired) electrons. The Morgan fingerprint density at radius 3 is 2.33 bits per heavy atom. The van der Waals surface area contributed by atoms with Crippen LogP contribution in [0.2, 0.25) is 0 Å². The molecule has 1 aliphatic carbocycles. The van der Waals surface area contributed by atoms with Crippen molar-refractivity contribution in [2.24, 2.45) is 11.8 Å². The van der Waals surface area contributed by atoms with E-state index < -0.39 is 10.0 Å². The van der Waals surface area contributed by atoms with E-state index in [0.29, 0.717) is 30.8 Å². The predicted octanol–water partition coefficient (Wildman–Crippen LogP) is 4.46. The van der Waals surface area contributed by atoms with Gasteiger partial charge in [0.15, 0.2) is 5.76 Å². The molecule has 1 saturated carbocycles. The minimum Gasteiger partial charge on any atom is -0.356 e. The lowest BCUT2D eigenvalue weighted by Gasteiger charge is -2.35. The molecule has 1 N–H and O–H groups in total. The molecule has 3 heterocycles. The van der Waals surface area contributed by atoms with Gasteiger partial charge >= 0.3 is 0 Å². The molecular weight excluding hydrogens is 516 g/mol. The Balaban J connectivity index is 1.08. The number of amides is 2. The Bertz CT molecular complexity index is 1460. The number of anilines is 2. The van der Waals surface area contributed by atoms with Crippen LogP contribution in [0.4, 0.5) is 11.4 Å². The molecule has 0 unspecified atom stereocenters. The highest BCUT2D eigenvalue weighted by atomic mass is 32.2. The number of carbonyl (C=O) groups excluding carboxylic acids is 2. The summed E-state index contributed by atoms with van der Waals surface area (Å²) < 4.78 is 33.6. The van der Waals surface area contributed by atoms with Gasteiger partial charge in [-0.15, -0.1) is 0 Å². The first-order valence-corrected chi connectivity index (χ1v) is 15.1. The summed E-state index contributed by atoms with van der Waals surface area (Å²) in [5.74, 6) is 0.560. The van der Waals surface area contributed by atoms with Crippen molar-refractivity contribution in [1.82, 2.24) is 9.46 Å². The third kappa shape index (κ3) is 5.10. The summed E-state index contributed by atoms with van der Waals surface area (Å²) in [4.78, 5) is 27.9. The lowest BCUT2D eigenvalue weighted by atomic mass is 9.83. The maximum Gasteiger partial charge on any atom is 0.243 e. The fourth-order valence-electron chi connectivity index (χ4n) is 5.67. The van der Waals surface area contributed by atoms with Gasteiger partial charge in [-0.2, -0.15) is 4.31 Å². The normalized spacial score (nSPS) is 18.8. The second-order valence-electron chi connectivity index (χ2n) is 10.6. The van der Waals surface area contributed by atoms with E-state index in [1.165, 1.54) is 4.31 Å². The number of benzene rings is 2. The highest BCUT2D eigenvalue weighted by molar-refractivity contribution is 7.89. The molecule has 3 aromatic rings. The van der Waals surface area contributed by atoms with Gasteiger partial charge in [0.1, 0.15) is 0 Å². The van der Waals surface area contributed by atoms with Crippen molar-refractivity contribution in [3.05, 3.63) is 60.3 Å². The van der Waals surface area contributed by atoms with Crippen LogP contribution in [-0.4, -0.2) is 49.3 Å². The minimum atomic E-state index is -3.69. The van der Waals surface area contributed by atoms with Gasteiger partial charge in [-0.05, 0) is 86.6 Å². The zero-order valence-corrected chi connectivity index (χ0v) is 22.5. The van der Waals surface area contributed by atoms with Gasteiger partial charge in [0, 0.05) is 54.5 Å². The van der Waals surface area contributed by atoms with E-state index in [2.05, 4.69) is 10.5 Å². The number of aryl methyl sites for hydroxylation is 1. The Hall–Kier alpha value is -3.50. The van der Waals surface area contributed by atoms with Gasteiger partial charge < -0.3 is 14.7 Å². The molecule has 2 fully saturated rings. The average Bonchev–Trinajstić information content (AvgIpc) is 3.47. The van der Waals surface area contributed by atoms with Crippen molar-refractivity contribution in [1.29, 1.82) is 0 Å². The van der Waals surface area contributed by atoms with Gasteiger partial charge in [0.2, 0.25) is 21.8 Å². The van der Waals surface area contributed by atoms with Crippen LogP contribution in [0.1, 0.15) is 44.1 Å². The Kier molecular flexibility index (Phi) is 6.99. The first-order chi connectivity index (χ1) is 18.9. The van der Waals surface area contributed by atoms with Crippen LogP contribution >= 0.6 is 0 Å². The number of rotatable bonds is 6. The topological polar surface area (TPSA) is 113 Å². The molecule has 1 aromatic heterocycles. The Labute approximate surface area is 228 Å². The third-order valence-corrected chi connectivity index (χ3v) is 10.1. The van der Waals surface area contributed by atoms with Crippen molar-refractivity contribution >= 4 is 33.2 Å². The average molecular weight is 549 g/mol. The van der Waals surface area contributed by atoms with Crippen LogP contribution in [0.5, 0.6) is 0 Å². The van der Waals surface area contributed by atoms with Gasteiger partial charge in [0.25, 0.3) is 0 Å². The third-order valence-electron chi connectivity index (χ3n) is 8.23. The molecule has 10 heteroatoms. The summed E-state index contributed by atoms with van der Waals surface area (Å²) in [6.45, 7) is 1.26. The largest absolute Gasteiger partial charge is 0.356 e. The molecule has 0 spiro atoms. The molecular formula is C29H32N4O5S. The molecule has 2 aliphatic heterocycles. The fraction of sp³-hybridized carbons (Fsp3) is 0.414. The standard InChI is InChI=1S/C29H32N4O5S/c34-28(31-24-8-6-20(7-9-24)27-12-15-30-38-27)21-13-17-32(18-14-21)39(36,37)25-10-11-26-23(19-25)5-2-16-33(26)29(35)22-3-1-4-22/h6-12,15,19,21-22H,1-5,13-14,16-18H2,(H,31,34). The Morgan fingerprint density at radius 1 is 0.897 bits per heavy atom. The lowest BCUT2D eigenvalue weighted by Crippen LogP contribution is -2.42. The summed E-state index contributed by atoms with van der Waals surface area (Å²) >= 11 is 0. The molecule has 9 nitrogen and oxygen atoms in total. The van der Waals surface area contributed by atoms with Gasteiger partial charge in [-0.25, -0.2) is 8.42 Å². The van der Waals surface area contributed by atoms with Crippen molar-refractivity contribution < 1.29 is 22.5 Å². The number of aromatic nitrogens is 1. The number of hydrogen-bond acceptors (Lipinski definition) is 6. The highest BCUT2D eigenvalue weighted by Gasteiger charge is 2.35. The van der Waals surface area contributed by atoms with Crippen LogP contribution in [0.15, 0.2) is 64.1 Å². The van der Waals surface area contributed by atoms with Crippen molar-refractivity contribution in [2.75, 3.05) is 29.9 Å². The molecule has 1 saturated heterocycles. The van der Waals surface area contributed by atoms with Crippen molar-refractivity contribution in [3.8, 4) is 11.3 Å².